The van der Waals surface area contributed by atoms with Crippen molar-refractivity contribution in [3.8, 4) is 0 Å². The Bertz CT molecular complexity index is 169. The first-order valence-electron chi connectivity index (χ1n) is 4.55. The number of rotatable bonds is 1. The fourth-order valence-electron chi connectivity index (χ4n) is 1.46. The molecule has 12 heavy (non-hydrogen) atoms. The van der Waals surface area contributed by atoms with Gasteiger partial charge in [-0.05, 0) is 27.2 Å². The molecule has 1 nitrogen and oxygen atoms in total. The van der Waals surface area contributed by atoms with Crippen LogP contribution in [0, 0.1) is 5.41 Å². The van der Waals surface area contributed by atoms with Crippen LogP contribution in [0.1, 0.15) is 41.0 Å². The van der Waals surface area contributed by atoms with Crippen molar-refractivity contribution in [2.45, 2.75) is 57.6 Å². The van der Waals surface area contributed by atoms with Crippen LogP contribution in [0.25, 0.3) is 0 Å². The van der Waals surface area contributed by atoms with Crippen molar-refractivity contribution < 1.29 is 4.74 Å². The Morgan fingerprint density at radius 3 is 2.08 bits per heavy atom. The van der Waals surface area contributed by atoms with Gasteiger partial charge in [0.15, 0.2) is 0 Å². The molecule has 0 spiro atoms. The molecule has 1 fully saturated rings. The van der Waals surface area contributed by atoms with Crippen LogP contribution in [0.2, 0.25) is 0 Å². The maximum Gasteiger partial charge on any atom is 0.0654 e. The van der Waals surface area contributed by atoms with E-state index in [9.17, 15) is 0 Å². The molecule has 0 aromatic rings. The van der Waals surface area contributed by atoms with Gasteiger partial charge in [-0.2, -0.15) is 0 Å². The lowest BCUT2D eigenvalue weighted by molar-refractivity contribution is -0.151. The molecular weight excluding hydrogens is 216 g/mol. The zero-order valence-corrected chi connectivity index (χ0v) is 10.2. The van der Waals surface area contributed by atoms with E-state index >= 15 is 0 Å². The molecule has 1 saturated carbocycles. The molecule has 0 heterocycles. The average Bonchev–Trinajstić information content (AvgIpc) is 1.84. The first-order chi connectivity index (χ1) is 5.23. The van der Waals surface area contributed by atoms with E-state index in [2.05, 4.69) is 50.5 Å². The molecule has 1 aliphatic carbocycles. The van der Waals surface area contributed by atoms with Gasteiger partial charge in [0.05, 0.1) is 11.7 Å². The lowest BCUT2D eigenvalue weighted by atomic mass is 9.69. The third-order valence-electron chi connectivity index (χ3n) is 2.55. The SMILES string of the molecule is CC(C)(C)OC1CC(Br)C1(C)C. The Kier molecular flexibility index (Phi) is 2.62. The van der Waals surface area contributed by atoms with E-state index in [1.165, 1.54) is 0 Å². The van der Waals surface area contributed by atoms with Crippen molar-refractivity contribution in [3.05, 3.63) is 0 Å². The van der Waals surface area contributed by atoms with Crippen LogP contribution in [0.5, 0.6) is 0 Å². The number of hydrogen-bond acceptors (Lipinski definition) is 1. The van der Waals surface area contributed by atoms with Gasteiger partial charge in [0, 0.05) is 10.2 Å². The monoisotopic (exact) mass is 234 g/mol. The van der Waals surface area contributed by atoms with Crippen molar-refractivity contribution in [2.75, 3.05) is 0 Å². The largest absolute Gasteiger partial charge is 0.372 e. The second-order valence-electron chi connectivity index (χ2n) is 5.24. The first-order valence-corrected chi connectivity index (χ1v) is 5.47. The second-order valence-corrected chi connectivity index (χ2v) is 6.35. The van der Waals surface area contributed by atoms with E-state index in [0.29, 0.717) is 16.3 Å². The predicted molar refractivity (Wildman–Crippen MR) is 55.7 cm³/mol. The summed E-state index contributed by atoms with van der Waals surface area (Å²) in [5.74, 6) is 0. The maximum absolute atomic E-state index is 5.93. The van der Waals surface area contributed by atoms with Crippen molar-refractivity contribution >= 4 is 15.9 Å². The highest BCUT2D eigenvalue weighted by Crippen LogP contribution is 2.48. The molecule has 0 aliphatic heterocycles. The van der Waals surface area contributed by atoms with Gasteiger partial charge >= 0.3 is 0 Å². The van der Waals surface area contributed by atoms with Crippen molar-refractivity contribution in [1.82, 2.24) is 0 Å². The van der Waals surface area contributed by atoms with E-state index in [0.717, 1.165) is 6.42 Å². The molecule has 0 saturated heterocycles. The van der Waals surface area contributed by atoms with Gasteiger partial charge in [0.25, 0.3) is 0 Å². The summed E-state index contributed by atoms with van der Waals surface area (Å²) >= 11 is 3.65. The molecule has 1 aliphatic rings. The lowest BCUT2D eigenvalue weighted by Gasteiger charge is -2.51. The molecular formula is C10H19BrO. The zero-order valence-electron chi connectivity index (χ0n) is 8.65. The van der Waals surface area contributed by atoms with E-state index < -0.39 is 0 Å². The van der Waals surface area contributed by atoms with E-state index in [1.807, 2.05) is 0 Å². The van der Waals surface area contributed by atoms with Crippen LogP contribution in [0.4, 0.5) is 0 Å². The van der Waals surface area contributed by atoms with Crippen LogP contribution in [-0.4, -0.2) is 16.5 Å². The summed E-state index contributed by atoms with van der Waals surface area (Å²) in [5, 5.41) is 0. The van der Waals surface area contributed by atoms with Crippen molar-refractivity contribution in [1.29, 1.82) is 0 Å². The Morgan fingerprint density at radius 1 is 1.33 bits per heavy atom. The molecule has 2 heteroatoms. The zero-order chi connectivity index (χ0) is 9.57. The minimum absolute atomic E-state index is 0.00488. The normalized spacial score (nSPS) is 34.5. The standard InChI is InChI=1S/C10H19BrO/c1-9(2,3)12-8-6-7(11)10(8,4)5/h7-8H,6H2,1-5H3. The summed E-state index contributed by atoms with van der Waals surface area (Å²) in [4.78, 5) is 0.623. The minimum atomic E-state index is -0.00488. The fraction of sp³-hybridized carbons (Fsp3) is 1.00. The molecule has 0 N–H and O–H groups in total. The second kappa shape index (κ2) is 2.98. The highest BCUT2D eigenvalue weighted by Gasteiger charge is 2.48. The van der Waals surface area contributed by atoms with Crippen molar-refractivity contribution in [3.63, 3.8) is 0 Å². The summed E-state index contributed by atoms with van der Waals surface area (Å²) in [7, 11) is 0. The number of halogens is 1. The molecule has 0 aromatic heterocycles. The fourth-order valence-corrected chi connectivity index (χ4v) is 2.10. The Balaban J connectivity index is 2.48. The van der Waals surface area contributed by atoms with Crippen LogP contribution < -0.4 is 0 Å². The molecule has 0 aromatic carbocycles. The maximum atomic E-state index is 5.93. The quantitative estimate of drug-likeness (QED) is 0.633. The highest BCUT2D eigenvalue weighted by atomic mass is 79.9. The van der Waals surface area contributed by atoms with Gasteiger partial charge in [0.1, 0.15) is 0 Å². The minimum Gasteiger partial charge on any atom is -0.372 e. The Morgan fingerprint density at radius 2 is 1.83 bits per heavy atom. The Labute approximate surface area is 84.0 Å². The van der Waals surface area contributed by atoms with E-state index in [4.69, 9.17) is 4.74 Å². The molecule has 2 atom stereocenters. The Hall–Kier alpha value is 0.440. The van der Waals surface area contributed by atoms with Gasteiger partial charge in [0.2, 0.25) is 0 Å². The predicted octanol–water partition coefficient (Wildman–Crippen LogP) is 3.36. The molecule has 2 unspecified atom stereocenters. The third kappa shape index (κ3) is 2.02. The number of alkyl halides is 1. The molecule has 1 rings (SSSR count). The van der Waals surface area contributed by atoms with Gasteiger partial charge in [-0.1, -0.05) is 29.8 Å². The summed E-state index contributed by atoms with van der Waals surface area (Å²) in [5.41, 5.74) is 0.294. The van der Waals surface area contributed by atoms with Crippen LogP contribution in [-0.2, 0) is 4.74 Å². The van der Waals surface area contributed by atoms with Gasteiger partial charge in [-0.15, -0.1) is 0 Å². The summed E-state index contributed by atoms with van der Waals surface area (Å²) in [6.07, 6.45) is 1.56. The van der Waals surface area contributed by atoms with Gasteiger partial charge in [-0.3, -0.25) is 0 Å². The van der Waals surface area contributed by atoms with Crippen molar-refractivity contribution in [2.24, 2.45) is 5.41 Å². The smallest absolute Gasteiger partial charge is 0.0654 e. The van der Waals surface area contributed by atoms with Gasteiger partial charge in [-0.25, -0.2) is 0 Å². The number of hydrogen-bond donors (Lipinski definition) is 0. The van der Waals surface area contributed by atoms with E-state index in [-0.39, 0.29) is 5.60 Å². The molecule has 0 amide bonds. The van der Waals surface area contributed by atoms with Crippen LogP contribution in [0.3, 0.4) is 0 Å². The van der Waals surface area contributed by atoms with Crippen LogP contribution >= 0.6 is 15.9 Å². The highest BCUT2D eigenvalue weighted by molar-refractivity contribution is 9.09. The van der Waals surface area contributed by atoms with Crippen LogP contribution in [0.15, 0.2) is 0 Å². The lowest BCUT2D eigenvalue weighted by Crippen LogP contribution is -2.53. The molecule has 0 bridgehead atoms. The topological polar surface area (TPSA) is 9.23 Å². The molecule has 72 valence electrons. The number of ether oxygens (including phenoxy) is 1. The first kappa shape index (κ1) is 10.5. The summed E-state index contributed by atoms with van der Waals surface area (Å²) in [6, 6.07) is 0. The summed E-state index contributed by atoms with van der Waals surface area (Å²) < 4.78 is 5.93. The average molecular weight is 235 g/mol. The molecule has 0 radical (unpaired) electrons. The van der Waals surface area contributed by atoms with E-state index in [1.54, 1.807) is 0 Å². The van der Waals surface area contributed by atoms with Gasteiger partial charge < -0.3 is 4.74 Å². The summed E-state index contributed by atoms with van der Waals surface area (Å²) in [6.45, 7) is 10.9. The third-order valence-corrected chi connectivity index (χ3v) is 4.11.